The van der Waals surface area contributed by atoms with Crippen molar-refractivity contribution < 1.29 is 10.9 Å². The molecule has 17 heavy (non-hydrogen) atoms. The van der Waals surface area contributed by atoms with Crippen molar-refractivity contribution in [3.05, 3.63) is 65.0 Å². The van der Waals surface area contributed by atoms with E-state index in [9.17, 15) is 9.50 Å². The number of phenolic OH excluding ortho intramolecular Hbond substituents is 1. The highest BCUT2D eigenvalue weighted by molar-refractivity contribution is 5.41. The van der Waals surface area contributed by atoms with Crippen LogP contribution in [0.5, 0.6) is 5.75 Å². The molecule has 0 aromatic heterocycles. The quantitative estimate of drug-likeness (QED) is 0.836. The van der Waals surface area contributed by atoms with Crippen molar-refractivity contribution in [2.45, 2.75) is 12.9 Å². The topological polar surface area (TPSA) is 46.2 Å². The van der Waals surface area contributed by atoms with Gasteiger partial charge in [0.25, 0.3) is 0 Å². The van der Waals surface area contributed by atoms with Gasteiger partial charge >= 0.3 is 0 Å². The molecule has 0 fully saturated rings. The molecule has 2 rings (SSSR count). The van der Waals surface area contributed by atoms with Gasteiger partial charge in [0, 0.05) is 5.56 Å². The van der Waals surface area contributed by atoms with Crippen molar-refractivity contribution in [2.24, 2.45) is 5.73 Å². The van der Waals surface area contributed by atoms with E-state index in [1.165, 1.54) is 6.07 Å². The van der Waals surface area contributed by atoms with E-state index >= 15 is 0 Å². The molecule has 0 spiro atoms. The van der Waals surface area contributed by atoms with Crippen molar-refractivity contribution in [2.75, 3.05) is 0 Å². The minimum atomic E-state index is -1.68. The number of halogens is 1. The third-order valence-electron chi connectivity index (χ3n) is 2.61. The van der Waals surface area contributed by atoms with Gasteiger partial charge < -0.3 is 10.8 Å². The van der Waals surface area contributed by atoms with E-state index in [1.807, 2.05) is 19.1 Å². The number of rotatable bonds is 2. The molecular formula is C14H14FNO. The van der Waals surface area contributed by atoms with Crippen molar-refractivity contribution in [1.82, 2.24) is 0 Å². The summed E-state index contributed by atoms with van der Waals surface area (Å²) in [6.45, 7) is 1.92. The maximum absolute atomic E-state index is 13.2. The normalized spacial score (nSPS) is 15.1. The summed E-state index contributed by atoms with van der Waals surface area (Å²) in [6, 6.07) is 8.78. The highest BCUT2D eigenvalue weighted by atomic mass is 19.1. The number of hydrogen-bond donors (Lipinski definition) is 2. The Morgan fingerprint density at radius 1 is 1.24 bits per heavy atom. The van der Waals surface area contributed by atoms with Gasteiger partial charge in [0.2, 0.25) is 0 Å². The molecule has 0 aliphatic heterocycles. The average molecular weight is 232 g/mol. The summed E-state index contributed by atoms with van der Waals surface area (Å²) in [6.07, 6.45) is 0. The molecule has 0 amide bonds. The zero-order valence-electron chi connectivity index (χ0n) is 10.4. The van der Waals surface area contributed by atoms with E-state index in [0.29, 0.717) is 5.56 Å². The van der Waals surface area contributed by atoms with E-state index in [4.69, 9.17) is 7.10 Å². The Morgan fingerprint density at radius 2 is 1.88 bits per heavy atom. The van der Waals surface area contributed by atoms with Gasteiger partial charge in [0.15, 0.2) is 0 Å². The van der Waals surface area contributed by atoms with Crippen LogP contribution in [0.15, 0.2) is 42.5 Å². The summed E-state index contributed by atoms with van der Waals surface area (Å²) >= 11 is 0. The first kappa shape index (κ1) is 10.3. The first-order valence-electron chi connectivity index (χ1n) is 5.76. The van der Waals surface area contributed by atoms with Gasteiger partial charge in [-0.15, -0.1) is 0 Å². The van der Waals surface area contributed by atoms with E-state index in [-0.39, 0.29) is 11.3 Å². The zero-order valence-corrected chi connectivity index (χ0v) is 9.44. The average Bonchev–Trinajstić information content (AvgIpc) is 2.32. The monoisotopic (exact) mass is 232 g/mol. The summed E-state index contributed by atoms with van der Waals surface area (Å²) in [5.41, 5.74) is 7.50. The Bertz CT molecular complexity index is 567. The third kappa shape index (κ3) is 2.45. The van der Waals surface area contributed by atoms with Gasteiger partial charge in [-0.1, -0.05) is 29.8 Å². The Labute approximate surface area is 101 Å². The van der Waals surface area contributed by atoms with Crippen LogP contribution in [0.1, 0.15) is 24.1 Å². The van der Waals surface area contributed by atoms with Crippen LogP contribution in [0.4, 0.5) is 4.39 Å². The van der Waals surface area contributed by atoms with Crippen LogP contribution in [0.3, 0.4) is 0 Å². The fraction of sp³-hybridized carbons (Fsp3) is 0.143. The molecule has 0 heterocycles. The highest BCUT2D eigenvalue weighted by Crippen LogP contribution is 2.28. The van der Waals surface area contributed by atoms with Crippen molar-refractivity contribution in [3.63, 3.8) is 0 Å². The van der Waals surface area contributed by atoms with E-state index in [2.05, 4.69) is 0 Å². The predicted octanol–water partition coefficient (Wildman–Crippen LogP) is 2.89. The largest absolute Gasteiger partial charge is 0.508 e. The lowest BCUT2D eigenvalue weighted by Crippen LogP contribution is -2.12. The van der Waals surface area contributed by atoms with Gasteiger partial charge in [-0.25, -0.2) is 4.39 Å². The highest BCUT2D eigenvalue weighted by Gasteiger charge is 2.13. The second-order valence-corrected chi connectivity index (χ2v) is 3.94. The van der Waals surface area contributed by atoms with Gasteiger partial charge in [-0.05, 0) is 30.7 Å². The molecule has 0 unspecified atom stereocenters. The molecule has 2 aromatic rings. The van der Waals surface area contributed by atoms with Crippen LogP contribution in [-0.2, 0) is 0 Å². The number of hydrogen-bond acceptors (Lipinski definition) is 2. The SMILES string of the molecule is [2H][C@@](N)(c1ccc(C)cc1)c1cc(F)ccc1O. The van der Waals surface area contributed by atoms with Gasteiger partial charge in [0.1, 0.15) is 11.6 Å². The smallest absolute Gasteiger partial charge is 0.123 e. The molecule has 2 nitrogen and oxygen atoms in total. The lowest BCUT2D eigenvalue weighted by atomic mass is 9.98. The first-order chi connectivity index (χ1) is 8.41. The molecule has 3 heteroatoms. The minimum absolute atomic E-state index is 0.0475. The summed E-state index contributed by atoms with van der Waals surface area (Å²) in [5, 5.41) is 9.72. The van der Waals surface area contributed by atoms with E-state index < -0.39 is 11.8 Å². The van der Waals surface area contributed by atoms with E-state index in [1.54, 1.807) is 12.1 Å². The van der Waals surface area contributed by atoms with Crippen LogP contribution >= 0.6 is 0 Å². The molecule has 1 atom stereocenters. The van der Waals surface area contributed by atoms with Crippen LogP contribution in [0.2, 0.25) is 0 Å². The molecule has 0 aliphatic rings. The molecular weight excluding hydrogens is 217 g/mol. The van der Waals surface area contributed by atoms with Crippen LogP contribution in [0, 0.1) is 12.7 Å². The maximum atomic E-state index is 13.2. The molecule has 0 aliphatic carbocycles. The number of aryl methyl sites for hydroxylation is 1. The van der Waals surface area contributed by atoms with Crippen LogP contribution in [-0.4, -0.2) is 5.11 Å². The lowest BCUT2D eigenvalue weighted by Gasteiger charge is -2.14. The molecule has 0 bridgehead atoms. The zero-order chi connectivity index (χ0) is 13.3. The van der Waals surface area contributed by atoms with Gasteiger partial charge in [-0.3, -0.25) is 0 Å². The molecule has 0 saturated carbocycles. The second kappa shape index (κ2) is 4.55. The van der Waals surface area contributed by atoms with Crippen molar-refractivity contribution >= 4 is 0 Å². The van der Waals surface area contributed by atoms with Crippen molar-refractivity contribution in [3.8, 4) is 5.75 Å². The number of aromatic hydroxyl groups is 1. The number of benzene rings is 2. The number of nitrogens with two attached hydrogens (primary N) is 1. The Kier molecular flexibility index (Phi) is 2.76. The maximum Gasteiger partial charge on any atom is 0.123 e. The third-order valence-corrected chi connectivity index (χ3v) is 2.61. The summed E-state index contributed by atoms with van der Waals surface area (Å²) in [5.74, 6) is -0.716. The fourth-order valence-electron chi connectivity index (χ4n) is 1.61. The Hall–Kier alpha value is -1.87. The second-order valence-electron chi connectivity index (χ2n) is 3.94. The van der Waals surface area contributed by atoms with Crippen LogP contribution < -0.4 is 5.73 Å². The molecule has 0 radical (unpaired) electrons. The van der Waals surface area contributed by atoms with Crippen LogP contribution in [0.25, 0.3) is 0 Å². The molecule has 2 aromatic carbocycles. The van der Waals surface area contributed by atoms with Gasteiger partial charge in [0.05, 0.1) is 7.39 Å². The Morgan fingerprint density at radius 3 is 2.53 bits per heavy atom. The predicted molar refractivity (Wildman–Crippen MR) is 65.3 cm³/mol. The lowest BCUT2D eigenvalue weighted by molar-refractivity contribution is 0.462. The fourth-order valence-corrected chi connectivity index (χ4v) is 1.61. The summed E-state index contributed by atoms with van der Waals surface area (Å²) in [4.78, 5) is 0. The minimum Gasteiger partial charge on any atom is -0.508 e. The molecule has 3 N–H and O–H groups in total. The summed E-state index contributed by atoms with van der Waals surface area (Å²) < 4.78 is 21.4. The van der Waals surface area contributed by atoms with Crippen molar-refractivity contribution in [1.29, 1.82) is 0 Å². The molecule has 0 saturated heterocycles. The van der Waals surface area contributed by atoms with Gasteiger partial charge in [-0.2, -0.15) is 0 Å². The first-order valence-corrected chi connectivity index (χ1v) is 5.26. The summed E-state index contributed by atoms with van der Waals surface area (Å²) in [7, 11) is 0. The Balaban J connectivity index is 2.53. The van der Waals surface area contributed by atoms with E-state index in [0.717, 1.165) is 17.7 Å². The number of phenols is 1. The molecule has 88 valence electrons. The standard InChI is InChI=1S/C14H14FNO/c1-9-2-4-10(5-3-9)14(16)12-8-11(15)6-7-13(12)17/h2-8,14,17H,16H2,1H3/t14-/m1/s1/i14D.